The number of rotatable bonds is 2. The van der Waals surface area contributed by atoms with E-state index in [1.54, 1.807) is 17.6 Å². The lowest BCUT2D eigenvalue weighted by atomic mass is 10.00. The summed E-state index contributed by atoms with van der Waals surface area (Å²) in [7, 11) is 0. The second-order valence-corrected chi connectivity index (χ2v) is 5.83. The van der Waals surface area contributed by atoms with Gasteiger partial charge in [0, 0.05) is 23.1 Å². The molecular formula is C20H16N2O3. The fourth-order valence-electron chi connectivity index (χ4n) is 2.96. The van der Waals surface area contributed by atoms with Gasteiger partial charge in [0.2, 0.25) is 0 Å². The number of hydrogen-bond acceptors (Lipinski definition) is 4. The van der Waals surface area contributed by atoms with E-state index in [4.69, 9.17) is 14.9 Å². The Kier molecular flexibility index (Phi) is 3.91. The Morgan fingerprint density at radius 3 is 2.72 bits per heavy atom. The number of allylic oxidation sites excluding steroid dienone is 3. The molecule has 2 N–H and O–H groups in total. The summed E-state index contributed by atoms with van der Waals surface area (Å²) >= 11 is 0. The van der Waals surface area contributed by atoms with Crippen LogP contribution in [0.25, 0.3) is 0 Å². The predicted molar refractivity (Wildman–Crippen MR) is 93.8 cm³/mol. The van der Waals surface area contributed by atoms with Crippen LogP contribution in [-0.2, 0) is 0 Å². The van der Waals surface area contributed by atoms with E-state index >= 15 is 0 Å². The molecule has 0 aromatic heterocycles. The lowest BCUT2D eigenvalue weighted by Gasteiger charge is -2.13. The number of nitrogens with one attached hydrogen (secondary N) is 1. The van der Waals surface area contributed by atoms with Gasteiger partial charge in [0.25, 0.3) is 5.91 Å². The summed E-state index contributed by atoms with van der Waals surface area (Å²) in [4.78, 5) is 16.4. The largest absolute Gasteiger partial charge is 0.459 e. The Morgan fingerprint density at radius 1 is 1.12 bits per heavy atom. The van der Waals surface area contributed by atoms with Gasteiger partial charge in [0.05, 0.1) is 5.71 Å². The summed E-state index contributed by atoms with van der Waals surface area (Å²) in [6.45, 7) is 0. The zero-order valence-electron chi connectivity index (χ0n) is 13.4. The SMILES string of the molecule is O=C(NO)c1ccc(C2=NC3=C(CCC=C3)Oc3ccccc32)cc1. The Labute approximate surface area is 144 Å². The molecule has 0 bridgehead atoms. The van der Waals surface area contributed by atoms with Crippen LogP contribution >= 0.6 is 0 Å². The summed E-state index contributed by atoms with van der Waals surface area (Å²) < 4.78 is 6.11. The minimum Gasteiger partial charge on any atom is -0.459 e. The second-order valence-electron chi connectivity index (χ2n) is 5.83. The molecule has 2 aliphatic rings. The topological polar surface area (TPSA) is 70.9 Å². The van der Waals surface area contributed by atoms with Gasteiger partial charge in [0.1, 0.15) is 17.2 Å². The standard InChI is InChI=1S/C20H16N2O3/c23-20(22-24)14-11-9-13(10-12-14)19-15-5-1-3-7-17(15)25-18-8-4-2-6-16(18)21-19/h1-3,5-7,9-12,24H,4,8H2,(H,22,23). The second kappa shape index (κ2) is 6.37. The molecule has 0 saturated heterocycles. The number of hydroxylamine groups is 1. The highest BCUT2D eigenvalue weighted by atomic mass is 16.5. The zero-order chi connectivity index (χ0) is 17.2. The third kappa shape index (κ3) is 2.86. The van der Waals surface area contributed by atoms with Crippen LogP contribution in [0.5, 0.6) is 5.75 Å². The number of ether oxygens (including phenoxy) is 1. The van der Waals surface area contributed by atoms with Gasteiger partial charge in [-0.2, -0.15) is 0 Å². The molecule has 5 heteroatoms. The first kappa shape index (κ1) is 15.4. The molecule has 2 aromatic carbocycles. The molecule has 4 rings (SSSR count). The third-order valence-electron chi connectivity index (χ3n) is 4.23. The number of hydrogen-bond donors (Lipinski definition) is 2. The fourth-order valence-corrected chi connectivity index (χ4v) is 2.96. The van der Waals surface area contributed by atoms with Crippen molar-refractivity contribution in [1.82, 2.24) is 5.48 Å². The first-order valence-electron chi connectivity index (χ1n) is 8.07. The van der Waals surface area contributed by atoms with Crippen LogP contribution in [-0.4, -0.2) is 16.8 Å². The Bertz CT molecular complexity index is 924. The van der Waals surface area contributed by atoms with Gasteiger partial charge < -0.3 is 4.74 Å². The van der Waals surface area contributed by atoms with E-state index in [0.717, 1.165) is 46.9 Å². The van der Waals surface area contributed by atoms with Gasteiger partial charge in [-0.15, -0.1) is 0 Å². The lowest BCUT2D eigenvalue weighted by Crippen LogP contribution is -2.18. The van der Waals surface area contributed by atoms with Gasteiger partial charge >= 0.3 is 0 Å². The van der Waals surface area contributed by atoms with Crippen LogP contribution in [0, 0.1) is 0 Å². The zero-order valence-corrected chi connectivity index (χ0v) is 13.4. The van der Waals surface area contributed by atoms with Gasteiger partial charge in [-0.1, -0.05) is 30.3 Å². The number of carbonyl (C=O) groups excluding carboxylic acids is 1. The van der Waals surface area contributed by atoms with Crippen molar-refractivity contribution in [3.05, 3.63) is 88.8 Å². The van der Waals surface area contributed by atoms with Crippen LogP contribution in [0.3, 0.4) is 0 Å². The minimum absolute atomic E-state index is 0.377. The Hall–Kier alpha value is -3.18. The van der Waals surface area contributed by atoms with E-state index in [0.29, 0.717) is 5.56 Å². The highest BCUT2D eigenvalue weighted by Gasteiger charge is 2.21. The van der Waals surface area contributed by atoms with Crippen molar-refractivity contribution in [3.63, 3.8) is 0 Å². The first-order valence-corrected chi connectivity index (χ1v) is 8.07. The van der Waals surface area contributed by atoms with Crippen molar-refractivity contribution in [2.24, 2.45) is 4.99 Å². The van der Waals surface area contributed by atoms with Crippen LogP contribution in [0.1, 0.15) is 34.3 Å². The number of para-hydroxylation sites is 1. The van der Waals surface area contributed by atoms with Gasteiger partial charge in [-0.05, 0) is 36.8 Å². The van der Waals surface area contributed by atoms with E-state index in [1.807, 2.05) is 42.5 Å². The van der Waals surface area contributed by atoms with Gasteiger partial charge in [-0.3, -0.25) is 10.0 Å². The lowest BCUT2D eigenvalue weighted by molar-refractivity contribution is 0.0706. The third-order valence-corrected chi connectivity index (χ3v) is 4.23. The monoisotopic (exact) mass is 332 g/mol. The summed E-state index contributed by atoms with van der Waals surface area (Å²) in [5, 5.41) is 8.75. The van der Waals surface area contributed by atoms with Crippen LogP contribution < -0.4 is 10.2 Å². The molecule has 2 aromatic rings. The van der Waals surface area contributed by atoms with E-state index in [2.05, 4.69) is 6.08 Å². The quantitative estimate of drug-likeness (QED) is 0.652. The van der Waals surface area contributed by atoms with Crippen LogP contribution in [0.4, 0.5) is 0 Å². The van der Waals surface area contributed by atoms with Gasteiger partial charge in [-0.25, -0.2) is 10.5 Å². The average Bonchev–Trinajstić information content (AvgIpc) is 2.84. The number of amides is 1. The Balaban J connectivity index is 1.83. The fraction of sp³-hybridized carbons (Fsp3) is 0.100. The van der Waals surface area contributed by atoms with E-state index in [-0.39, 0.29) is 0 Å². The highest BCUT2D eigenvalue weighted by Crippen LogP contribution is 2.32. The molecule has 5 nitrogen and oxygen atoms in total. The molecule has 124 valence electrons. The summed E-state index contributed by atoms with van der Waals surface area (Å²) in [5.74, 6) is 1.11. The average molecular weight is 332 g/mol. The molecule has 25 heavy (non-hydrogen) atoms. The van der Waals surface area contributed by atoms with E-state index in [1.165, 1.54) is 0 Å². The summed E-state index contributed by atoms with van der Waals surface area (Å²) in [6, 6.07) is 14.8. The molecule has 0 unspecified atom stereocenters. The normalized spacial score (nSPS) is 15.5. The number of nitrogens with zero attached hydrogens (tertiary/aromatic N) is 1. The van der Waals surface area contributed by atoms with Crippen LogP contribution in [0.2, 0.25) is 0 Å². The molecule has 1 aliphatic carbocycles. The van der Waals surface area contributed by atoms with E-state index < -0.39 is 5.91 Å². The maximum Gasteiger partial charge on any atom is 0.274 e. The van der Waals surface area contributed by atoms with Crippen molar-refractivity contribution in [2.75, 3.05) is 0 Å². The van der Waals surface area contributed by atoms with Crippen molar-refractivity contribution >= 4 is 11.6 Å². The smallest absolute Gasteiger partial charge is 0.274 e. The molecule has 1 amide bonds. The molecule has 1 heterocycles. The van der Waals surface area contributed by atoms with Crippen LogP contribution in [0.15, 0.2) is 77.1 Å². The minimum atomic E-state index is -0.543. The number of benzene rings is 2. The summed E-state index contributed by atoms with van der Waals surface area (Å²) in [6.07, 6.45) is 5.84. The maximum atomic E-state index is 11.5. The highest BCUT2D eigenvalue weighted by molar-refractivity contribution is 6.15. The molecule has 0 atom stereocenters. The molecule has 1 aliphatic heterocycles. The van der Waals surface area contributed by atoms with Crippen molar-refractivity contribution in [2.45, 2.75) is 12.8 Å². The molecular weight excluding hydrogens is 316 g/mol. The van der Waals surface area contributed by atoms with Crippen molar-refractivity contribution in [3.8, 4) is 5.75 Å². The number of fused-ring (bicyclic) bond motifs is 1. The predicted octanol–water partition coefficient (Wildman–Crippen LogP) is 3.60. The molecule has 0 spiro atoms. The van der Waals surface area contributed by atoms with E-state index in [9.17, 15) is 4.79 Å². The number of carbonyl (C=O) groups is 1. The molecule has 0 saturated carbocycles. The first-order chi connectivity index (χ1) is 12.3. The van der Waals surface area contributed by atoms with Crippen molar-refractivity contribution < 1.29 is 14.7 Å². The molecule has 0 radical (unpaired) electrons. The maximum absolute atomic E-state index is 11.5. The molecule has 0 fully saturated rings. The summed E-state index contributed by atoms with van der Waals surface area (Å²) in [5.41, 5.74) is 5.42. The Morgan fingerprint density at radius 2 is 1.92 bits per heavy atom. The van der Waals surface area contributed by atoms with Gasteiger partial charge in [0.15, 0.2) is 0 Å². The van der Waals surface area contributed by atoms with Crippen molar-refractivity contribution in [1.29, 1.82) is 0 Å². The number of aliphatic imine (C=N–C) groups is 1.